The summed E-state index contributed by atoms with van der Waals surface area (Å²) in [6, 6.07) is 13.6. The van der Waals surface area contributed by atoms with Crippen molar-refractivity contribution in [3.63, 3.8) is 0 Å². The number of fused-ring (bicyclic) bond motifs is 1. The summed E-state index contributed by atoms with van der Waals surface area (Å²) in [4.78, 5) is 21.3. The van der Waals surface area contributed by atoms with Crippen molar-refractivity contribution >= 4 is 22.9 Å². The number of carbonyl (C=O) groups excluding carboxylic acids is 1. The van der Waals surface area contributed by atoms with Gasteiger partial charge in [-0.3, -0.25) is 14.7 Å². The Hall–Kier alpha value is -3.48. The summed E-state index contributed by atoms with van der Waals surface area (Å²) in [6.45, 7) is 2.67. The van der Waals surface area contributed by atoms with Crippen molar-refractivity contribution in [2.45, 2.75) is 13.5 Å². The number of aromatic nitrogens is 4. The number of benzene rings is 2. The lowest BCUT2D eigenvalue weighted by molar-refractivity contribution is 0.101. The molecule has 130 valence electrons. The summed E-state index contributed by atoms with van der Waals surface area (Å²) >= 11 is 0. The Bertz CT molecular complexity index is 1080. The number of amides is 1. The Kier molecular flexibility index (Phi) is 3.96. The minimum atomic E-state index is -0.337. The highest BCUT2D eigenvalue weighted by atomic mass is 19.1. The third-order valence-electron chi connectivity index (χ3n) is 4.17. The van der Waals surface area contributed by atoms with Crippen LogP contribution in [0.25, 0.3) is 16.7 Å². The van der Waals surface area contributed by atoms with Crippen LogP contribution in [0, 0.1) is 5.82 Å². The molecule has 0 fully saturated rings. The van der Waals surface area contributed by atoms with Crippen LogP contribution in [0.1, 0.15) is 17.4 Å². The van der Waals surface area contributed by atoms with Crippen LogP contribution in [0.2, 0.25) is 0 Å². The first-order chi connectivity index (χ1) is 12.7. The van der Waals surface area contributed by atoms with Gasteiger partial charge in [0.1, 0.15) is 11.5 Å². The molecule has 2 aromatic carbocycles. The molecule has 0 saturated heterocycles. The van der Waals surface area contributed by atoms with E-state index in [0.29, 0.717) is 23.9 Å². The molecule has 2 aromatic heterocycles. The van der Waals surface area contributed by atoms with Crippen molar-refractivity contribution in [2.75, 3.05) is 5.32 Å². The van der Waals surface area contributed by atoms with Gasteiger partial charge >= 0.3 is 0 Å². The van der Waals surface area contributed by atoms with Crippen molar-refractivity contribution in [1.29, 1.82) is 0 Å². The summed E-state index contributed by atoms with van der Waals surface area (Å²) < 4.78 is 16.7. The van der Waals surface area contributed by atoms with Crippen LogP contribution in [0.5, 0.6) is 0 Å². The molecule has 0 aliphatic carbocycles. The number of hydrogen-bond donors (Lipinski definition) is 1. The number of anilines is 1. The van der Waals surface area contributed by atoms with Gasteiger partial charge in [-0.1, -0.05) is 12.1 Å². The molecule has 0 radical (unpaired) electrons. The number of imidazole rings is 2. The molecule has 0 aliphatic heterocycles. The van der Waals surface area contributed by atoms with Gasteiger partial charge in [0, 0.05) is 12.2 Å². The molecule has 7 heteroatoms. The quantitative estimate of drug-likeness (QED) is 0.612. The SMILES string of the molecule is CCn1c(NC(=O)c2cncn2-c2ccc(F)cc2)nc2ccccc21. The molecule has 4 rings (SSSR count). The monoisotopic (exact) mass is 349 g/mol. The smallest absolute Gasteiger partial charge is 0.276 e. The number of nitrogens with zero attached hydrogens (tertiary/aromatic N) is 4. The second kappa shape index (κ2) is 6.44. The van der Waals surface area contributed by atoms with E-state index < -0.39 is 0 Å². The highest BCUT2D eigenvalue weighted by molar-refractivity contribution is 6.03. The van der Waals surface area contributed by atoms with Gasteiger partial charge in [-0.25, -0.2) is 14.4 Å². The minimum absolute atomic E-state index is 0.336. The Morgan fingerprint density at radius 2 is 1.92 bits per heavy atom. The first-order valence-corrected chi connectivity index (χ1v) is 8.22. The molecule has 0 saturated carbocycles. The number of carbonyl (C=O) groups is 1. The maximum Gasteiger partial charge on any atom is 0.276 e. The summed E-state index contributed by atoms with van der Waals surface area (Å²) in [6.07, 6.45) is 2.99. The van der Waals surface area contributed by atoms with Gasteiger partial charge in [-0.15, -0.1) is 0 Å². The van der Waals surface area contributed by atoms with Crippen molar-refractivity contribution in [3.8, 4) is 5.69 Å². The van der Waals surface area contributed by atoms with Crippen LogP contribution in [-0.4, -0.2) is 25.0 Å². The zero-order valence-electron chi connectivity index (χ0n) is 14.1. The van der Waals surface area contributed by atoms with E-state index in [9.17, 15) is 9.18 Å². The van der Waals surface area contributed by atoms with Crippen LogP contribution in [0.15, 0.2) is 61.1 Å². The molecule has 0 aliphatic rings. The van der Waals surface area contributed by atoms with E-state index in [4.69, 9.17) is 0 Å². The summed E-state index contributed by atoms with van der Waals surface area (Å²) in [7, 11) is 0. The van der Waals surface area contributed by atoms with Crippen molar-refractivity contribution < 1.29 is 9.18 Å². The lowest BCUT2D eigenvalue weighted by Crippen LogP contribution is -2.18. The summed E-state index contributed by atoms with van der Waals surface area (Å²) in [5.74, 6) is -0.195. The number of hydrogen-bond acceptors (Lipinski definition) is 3. The lowest BCUT2D eigenvalue weighted by Gasteiger charge is -2.10. The number of para-hydroxylation sites is 2. The fourth-order valence-electron chi connectivity index (χ4n) is 2.93. The molecule has 0 atom stereocenters. The van der Waals surface area contributed by atoms with E-state index in [2.05, 4.69) is 15.3 Å². The van der Waals surface area contributed by atoms with Gasteiger partial charge < -0.3 is 4.57 Å². The third kappa shape index (κ3) is 2.73. The number of aryl methyl sites for hydroxylation is 1. The number of halogens is 1. The van der Waals surface area contributed by atoms with E-state index in [1.807, 2.05) is 35.8 Å². The molecular weight excluding hydrogens is 333 g/mol. The van der Waals surface area contributed by atoms with Crippen LogP contribution in [-0.2, 0) is 6.54 Å². The second-order valence-electron chi connectivity index (χ2n) is 5.75. The Labute approximate surface area is 148 Å². The normalized spacial score (nSPS) is 11.0. The average Bonchev–Trinajstić information content (AvgIpc) is 3.26. The molecule has 1 amide bonds. The van der Waals surface area contributed by atoms with E-state index in [0.717, 1.165) is 11.0 Å². The first kappa shape index (κ1) is 16.0. The Morgan fingerprint density at radius 1 is 1.15 bits per heavy atom. The molecule has 6 nitrogen and oxygen atoms in total. The maximum atomic E-state index is 13.1. The predicted molar refractivity (Wildman–Crippen MR) is 96.9 cm³/mol. The molecule has 0 bridgehead atoms. The van der Waals surface area contributed by atoms with Crippen LogP contribution in [0.3, 0.4) is 0 Å². The molecule has 4 aromatic rings. The second-order valence-corrected chi connectivity index (χ2v) is 5.75. The Morgan fingerprint density at radius 3 is 2.69 bits per heavy atom. The van der Waals surface area contributed by atoms with Crippen LogP contribution < -0.4 is 5.32 Å². The Balaban J connectivity index is 1.68. The minimum Gasteiger partial charge on any atom is -0.310 e. The lowest BCUT2D eigenvalue weighted by atomic mass is 10.3. The van der Waals surface area contributed by atoms with E-state index in [1.165, 1.54) is 24.7 Å². The topological polar surface area (TPSA) is 64.7 Å². The van der Waals surface area contributed by atoms with Gasteiger partial charge in [0.25, 0.3) is 5.91 Å². The molecule has 0 spiro atoms. The zero-order valence-corrected chi connectivity index (χ0v) is 14.1. The van der Waals surface area contributed by atoms with Crippen molar-refractivity contribution in [3.05, 3.63) is 72.6 Å². The molecule has 26 heavy (non-hydrogen) atoms. The summed E-state index contributed by atoms with van der Waals surface area (Å²) in [5.41, 5.74) is 2.76. The van der Waals surface area contributed by atoms with E-state index in [-0.39, 0.29) is 11.7 Å². The van der Waals surface area contributed by atoms with Gasteiger partial charge in [-0.2, -0.15) is 0 Å². The largest absolute Gasteiger partial charge is 0.310 e. The van der Waals surface area contributed by atoms with Crippen molar-refractivity contribution in [2.24, 2.45) is 0 Å². The van der Waals surface area contributed by atoms with Gasteiger partial charge in [-0.05, 0) is 43.3 Å². The third-order valence-corrected chi connectivity index (χ3v) is 4.17. The molecule has 0 unspecified atom stereocenters. The zero-order chi connectivity index (χ0) is 18.1. The van der Waals surface area contributed by atoms with Gasteiger partial charge in [0.15, 0.2) is 0 Å². The van der Waals surface area contributed by atoms with E-state index in [1.54, 1.807) is 16.7 Å². The first-order valence-electron chi connectivity index (χ1n) is 8.22. The fraction of sp³-hybridized carbons (Fsp3) is 0.105. The van der Waals surface area contributed by atoms with Crippen LogP contribution >= 0.6 is 0 Å². The predicted octanol–water partition coefficient (Wildman–Crippen LogP) is 3.63. The number of nitrogens with one attached hydrogen (secondary N) is 1. The standard InChI is InChI=1S/C19H16FN5O/c1-2-24-16-6-4-3-5-15(16)22-19(24)23-18(26)17-11-21-12-25(17)14-9-7-13(20)8-10-14/h3-12H,2H2,1H3,(H,22,23,26). The van der Waals surface area contributed by atoms with Crippen molar-refractivity contribution in [1.82, 2.24) is 19.1 Å². The van der Waals surface area contributed by atoms with Gasteiger partial charge in [0.05, 0.1) is 23.6 Å². The number of rotatable bonds is 4. The highest BCUT2D eigenvalue weighted by Crippen LogP contribution is 2.20. The maximum absolute atomic E-state index is 13.1. The van der Waals surface area contributed by atoms with E-state index >= 15 is 0 Å². The fourth-order valence-corrected chi connectivity index (χ4v) is 2.93. The molecule has 1 N–H and O–H groups in total. The van der Waals surface area contributed by atoms with Gasteiger partial charge in [0.2, 0.25) is 5.95 Å². The molecular formula is C19H16FN5O. The highest BCUT2D eigenvalue weighted by Gasteiger charge is 2.17. The van der Waals surface area contributed by atoms with Crippen LogP contribution in [0.4, 0.5) is 10.3 Å². The summed E-state index contributed by atoms with van der Waals surface area (Å²) in [5, 5.41) is 2.85. The average molecular weight is 349 g/mol. The molecule has 2 heterocycles.